The van der Waals surface area contributed by atoms with Crippen molar-refractivity contribution in [1.29, 1.82) is 0 Å². The van der Waals surface area contributed by atoms with E-state index in [1.165, 1.54) is 19.1 Å². The number of hydrogen-bond acceptors (Lipinski definition) is 6. The molecule has 0 radical (unpaired) electrons. The van der Waals surface area contributed by atoms with Crippen molar-refractivity contribution in [2.45, 2.75) is 28.1 Å². The molecule has 1 aromatic heterocycles. The molecule has 114 valence electrons. The van der Waals surface area contributed by atoms with Crippen LogP contribution >= 0.6 is 22.9 Å². The van der Waals surface area contributed by atoms with Crippen LogP contribution in [0.5, 0.6) is 0 Å². The topological polar surface area (TPSA) is 81.2 Å². The standard InChI is InChI=1S/C12H12ClNO4S3/c1-3-20(15,16)12-14-11(10(13)19-12)21(17,18)9-6-4-8(2)5-7-9/h4-7H,3H2,1-2H3. The van der Waals surface area contributed by atoms with Crippen molar-refractivity contribution >= 4 is 42.6 Å². The maximum absolute atomic E-state index is 12.5. The number of rotatable bonds is 4. The van der Waals surface area contributed by atoms with Crippen molar-refractivity contribution in [2.75, 3.05) is 5.75 Å². The molecule has 0 amide bonds. The van der Waals surface area contributed by atoms with Gasteiger partial charge in [0.25, 0.3) is 0 Å². The number of thiazole rings is 1. The quantitative estimate of drug-likeness (QED) is 0.832. The molecule has 0 aliphatic carbocycles. The van der Waals surface area contributed by atoms with Crippen molar-refractivity contribution in [3.8, 4) is 0 Å². The molecule has 2 aromatic rings. The third-order valence-electron chi connectivity index (χ3n) is 2.77. The summed E-state index contributed by atoms with van der Waals surface area (Å²) in [7, 11) is -7.52. The van der Waals surface area contributed by atoms with Crippen molar-refractivity contribution in [3.63, 3.8) is 0 Å². The Labute approximate surface area is 132 Å². The number of aromatic nitrogens is 1. The number of nitrogens with zero attached hydrogens (tertiary/aromatic N) is 1. The number of benzene rings is 1. The molecule has 0 atom stereocenters. The SMILES string of the molecule is CCS(=O)(=O)c1nc(S(=O)(=O)c2ccc(C)cc2)c(Cl)s1. The van der Waals surface area contributed by atoms with E-state index in [0.29, 0.717) is 11.3 Å². The van der Waals surface area contributed by atoms with E-state index < -0.39 is 24.7 Å². The Kier molecular flexibility index (Phi) is 4.44. The fraction of sp³-hybridized carbons (Fsp3) is 0.250. The Bertz CT molecular complexity index is 868. The highest BCUT2D eigenvalue weighted by Gasteiger charge is 2.29. The molecule has 21 heavy (non-hydrogen) atoms. The third-order valence-corrected chi connectivity index (χ3v) is 8.15. The molecule has 1 aromatic carbocycles. The zero-order valence-electron chi connectivity index (χ0n) is 11.2. The average Bonchev–Trinajstić information content (AvgIpc) is 2.83. The maximum atomic E-state index is 12.5. The largest absolute Gasteiger partial charge is 0.226 e. The second-order valence-corrected chi connectivity index (χ2v) is 10.2. The lowest BCUT2D eigenvalue weighted by molar-refractivity contribution is 0.590. The van der Waals surface area contributed by atoms with Gasteiger partial charge in [-0.25, -0.2) is 21.8 Å². The first-order valence-electron chi connectivity index (χ1n) is 5.89. The van der Waals surface area contributed by atoms with Crippen LogP contribution in [0.2, 0.25) is 4.34 Å². The van der Waals surface area contributed by atoms with Gasteiger partial charge in [0.15, 0.2) is 5.03 Å². The first-order valence-corrected chi connectivity index (χ1v) is 10.2. The molecule has 0 saturated carbocycles. The molecule has 0 spiro atoms. The van der Waals surface area contributed by atoms with Crippen LogP contribution in [0, 0.1) is 6.92 Å². The minimum atomic E-state index is -3.93. The summed E-state index contributed by atoms with van der Waals surface area (Å²) in [6.45, 7) is 3.29. The normalized spacial score (nSPS) is 12.5. The zero-order valence-corrected chi connectivity index (χ0v) is 14.4. The molecule has 1 heterocycles. The van der Waals surface area contributed by atoms with E-state index in [0.717, 1.165) is 5.56 Å². The molecule has 0 fully saturated rings. The number of halogens is 1. The summed E-state index contributed by atoms with van der Waals surface area (Å²) in [6.07, 6.45) is 0. The Morgan fingerprint density at radius 3 is 2.24 bits per heavy atom. The number of sulfone groups is 2. The van der Waals surface area contributed by atoms with Crippen LogP contribution in [0.3, 0.4) is 0 Å². The van der Waals surface area contributed by atoms with Gasteiger partial charge in [-0.3, -0.25) is 0 Å². The van der Waals surface area contributed by atoms with Gasteiger partial charge in [0.1, 0.15) is 4.34 Å². The lowest BCUT2D eigenvalue weighted by Gasteiger charge is -2.02. The van der Waals surface area contributed by atoms with Gasteiger partial charge < -0.3 is 0 Å². The monoisotopic (exact) mass is 365 g/mol. The zero-order chi connectivity index (χ0) is 15.8. The molecule has 0 aliphatic heterocycles. The van der Waals surface area contributed by atoms with Gasteiger partial charge in [-0.05, 0) is 19.1 Å². The molecule has 2 rings (SSSR count). The highest BCUT2D eigenvalue weighted by molar-refractivity contribution is 7.94. The summed E-state index contributed by atoms with van der Waals surface area (Å²) < 4.78 is 48.0. The summed E-state index contributed by atoms with van der Waals surface area (Å²) in [5, 5.41) is -0.412. The summed E-state index contributed by atoms with van der Waals surface area (Å²) in [5.41, 5.74) is 0.910. The average molecular weight is 366 g/mol. The third kappa shape index (κ3) is 3.13. The van der Waals surface area contributed by atoms with E-state index in [4.69, 9.17) is 11.6 Å². The first-order chi connectivity index (χ1) is 9.68. The van der Waals surface area contributed by atoms with Crippen LogP contribution < -0.4 is 0 Å². The van der Waals surface area contributed by atoms with E-state index >= 15 is 0 Å². The molecule has 0 saturated heterocycles. The Balaban J connectivity index is 2.59. The number of hydrogen-bond donors (Lipinski definition) is 0. The smallest absolute Gasteiger partial charge is 0.221 e. The van der Waals surface area contributed by atoms with Gasteiger partial charge in [-0.2, -0.15) is 0 Å². The predicted molar refractivity (Wildman–Crippen MR) is 81.5 cm³/mol. The van der Waals surface area contributed by atoms with E-state index in [-0.39, 0.29) is 19.3 Å². The van der Waals surface area contributed by atoms with Gasteiger partial charge in [0.05, 0.1) is 10.6 Å². The van der Waals surface area contributed by atoms with E-state index in [9.17, 15) is 16.8 Å². The van der Waals surface area contributed by atoms with Gasteiger partial charge in [0.2, 0.25) is 24.0 Å². The van der Waals surface area contributed by atoms with Crippen molar-refractivity contribution in [2.24, 2.45) is 0 Å². The van der Waals surface area contributed by atoms with Crippen molar-refractivity contribution in [1.82, 2.24) is 4.98 Å². The predicted octanol–water partition coefficient (Wildman–Crippen LogP) is 2.73. The first kappa shape index (κ1) is 16.4. The summed E-state index contributed by atoms with van der Waals surface area (Å²) >= 11 is 6.54. The lowest BCUT2D eigenvalue weighted by atomic mass is 10.2. The highest BCUT2D eigenvalue weighted by atomic mass is 35.5. The van der Waals surface area contributed by atoms with E-state index in [1.807, 2.05) is 6.92 Å². The van der Waals surface area contributed by atoms with Crippen molar-refractivity contribution in [3.05, 3.63) is 34.2 Å². The summed E-state index contributed by atoms with van der Waals surface area (Å²) in [6, 6.07) is 6.18. The van der Waals surface area contributed by atoms with E-state index in [1.54, 1.807) is 12.1 Å². The summed E-state index contributed by atoms with van der Waals surface area (Å²) in [4.78, 5) is 3.76. The molecular formula is C12H12ClNO4S3. The van der Waals surface area contributed by atoms with Crippen LogP contribution in [-0.4, -0.2) is 27.6 Å². The van der Waals surface area contributed by atoms with Crippen LogP contribution in [0.1, 0.15) is 12.5 Å². The molecule has 9 heteroatoms. The van der Waals surface area contributed by atoms with Gasteiger partial charge in [0, 0.05) is 0 Å². The van der Waals surface area contributed by atoms with Crippen LogP contribution in [0.4, 0.5) is 0 Å². The Morgan fingerprint density at radius 1 is 1.14 bits per heavy atom. The second-order valence-electron chi connectivity index (χ2n) is 4.28. The molecule has 5 nitrogen and oxygen atoms in total. The Morgan fingerprint density at radius 2 is 1.71 bits per heavy atom. The highest BCUT2D eigenvalue weighted by Crippen LogP contribution is 2.34. The molecule has 0 N–H and O–H groups in total. The molecule has 0 bridgehead atoms. The fourth-order valence-electron chi connectivity index (χ4n) is 1.52. The minimum Gasteiger partial charge on any atom is -0.221 e. The van der Waals surface area contributed by atoms with E-state index in [2.05, 4.69) is 4.98 Å². The molecular weight excluding hydrogens is 354 g/mol. The van der Waals surface area contributed by atoms with Gasteiger partial charge >= 0.3 is 0 Å². The maximum Gasteiger partial charge on any atom is 0.226 e. The fourth-order valence-corrected chi connectivity index (χ4v) is 5.95. The molecule has 0 unspecified atom stereocenters. The number of aryl methyl sites for hydroxylation is 1. The minimum absolute atomic E-state index is 0.0285. The lowest BCUT2D eigenvalue weighted by Crippen LogP contribution is -2.06. The summed E-state index contributed by atoms with van der Waals surface area (Å²) in [5.74, 6) is -0.166. The van der Waals surface area contributed by atoms with Gasteiger partial charge in [-0.15, -0.1) is 0 Å². The molecule has 0 aliphatic rings. The van der Waals surface area contributed by atoms with Crippen LogP contribution in [-0.2, 0) is 19.7 Å². The van der Waals surface area contributed by atoms with Crippen molar-refractivity contribution < 1.29 is 16.8 Å². The Hall–Kier alpha value is -0.960. The second kappa shape index (κ2) is 5.68. The van der Waals surface area contributed by atoms with Crippen LogP contribution in [0.15, 0.2) is 38.5 Å². The van der Waals surface area contributed by atoms with Gasteiger partial charge in [-0.1, -0.05) is 47.6 Å². The van der Waals surface area contributed by atoms with Crippen LogP contribution in [0.25, 0.3) is 0 Å².